The smallest absolute Gasteiger partial charge is 0.230 e. The molecule has 1 aliphatic rings. The van der Waals surface area contributed by atoms with Gasteiger partial charge >= 0.3 is 0 Å². The molecular weight excluding hydrogens is 328 g/mol. The Kier molecular flexibility index (Phi) is 5.26. The molecule has 2 aromatic carbocycles. The molecule has 1 fully saturated rings. The average molecular weight is 352 g/mol. The number of hydrogen-bond acceptors (Lipinski definition) is 3. The van der Waals surface area contributed by atoms with Crippen LogP contribution in [0.1, 0.15) is 20.3 Å². The highest BCUT2D eigenvalue weighted by Gasteiger charge is 2.49. The Labute approximate surface area is 154 Å². The van der Waals surface area contributed by atoms with Gasteiger partial charge in [-0.2, -0.15) is 0 Å². The normalized spacial score (nSPS) is 18.3. The Bertz CT molecular complexity index is 789. The number of anilines is 2. The second-order valence-electron chi connectivity index (χ2n) is 6.83. The van der Waals surface area contributed by atoms with Crippen molar-refractivity contribution in [3.63, 3.8) is 0 Å². The number of para-hydroxylation sites is 3. The zero-order chi connectivity index (χ0) is 18.7. The van der Waals surface area contributed by atoms with Crippen LogP contribution in [0.4, 0.5) is 11.4 Å². The van der Waals surface area contributed by atoms with Crippen molar-refractivity contribution in [1.82, 2.24) is 0 Å². The van der Waals surface area contributed by atoms with Crippen molar-refractivity contribution in [2.24, 2.45) is 11.8 Å². The van der Waals surface area contributed by atoms with Gasteiger partial charge in [-0.3, -0.25) is 9.59 Å². The monoisotopic (exact) mass is 352 g/mol. The number of ether oxygens (including phenoxy) is 1. The van der Waals surface area contributed by atoms with Gasteiger partial charge in [0, 0.05) is 12.7 Å². The molecule has 0 bridgehead atoms. The lowest BCUT2D eigenvalue weighted by Crippen LogP contribution is -2.29. The molecule has 5 heteroatoms. The van der Waals surface area contributed by atoms with Crippen LogP contribution in [0.25, 0.3) is 0 Å². The first-order valence-electron chi connectivity index (χ1n) is 8.86. The Balaban J connectivity index is 1.62. The highest BCUT2D eigenvalue weighted by Crippen LogP contribution is 2.41. The number of carbonyl (C=O) groups is 2. The minimum atomic E-state index is -0.291. The summed E-state index contributed by atoms with van der Waals surface area (Å²) < 4.78 is 5.73. The molecule has 0 saturated heterocycles. The van der Waals surface area contributed by atoms with Gasteiger partial charge in [-0.05, 0) is 44.5 Å². The summed E-state index contributed by atoms with van der Waals surface area (Å²) in [6.45, 7) is 3.88. The SMILES string of the molecule is CC(C)Oc1ccccc1NC(=O)C1CC1C(=O)N(C)c1ccccc1. The summed E-state index contributed by atoms with van der Waals surface area (Å²) in [6.07, 6.45) is 0.595. The molecule has 3 rings (SSSR count). The van der Waals surface area contributed by atoms with Gasteiger partial charge in [0.2, 0.25) is 11.8 Å². The van der Waals surface area contributed by atoms with Gasteiger partial charge in [0.25, 0.3) is 0 Å². The molecule has 1 aliphatic carbocycles. The predicted octanol–water partition coefficient (Wildman–Crippen LogP) is 3.71. The maximum atomic E-state index is 12.6. The van der Waals surface area contributed by atoms with Crippen molar-refractivity contribution in [3.8, 4) is 5.75 Å². The van der Waals surface area contributed by atoms with Crippen LogP contribution in [0, 0.1) is 11.8 Å². The van der Waals surface area contributed by atoms with Crippen molar-refractivity contribution in [2.45, 2.75) is 26.4 Å². The molecule has 2 unspecified atom stereocenters. The van der Waals surface area contributed by atoms with Crippen LogP contribution in [0.15, 0.2) is 54.6 Å². The third kappa shape index (κ3) is 4.04. The van der Waals surface area contributed by atoms with Crippen molar-refractivity contribution in [3.05, 3.63) is 54.6 Å². The number of amides is 2. The molecule has 0 aliphatic heterocycles. The predicted molar refractivity (Wildman–Crippen MR) is 102 cm³/mol. The number of nitrogens with zero attached hydrogens (tertiary/aromatic N) is 1. The van der Waals surface area contributed by atoms with E-state index in [1.54, 1.807) is 11.9 Å². The van der Waals surface area contributed by atoms with Gasteiger partial charge in [0.15, 0.2) is 0 Å². The number of hydrogen-bond donors (Lipinski definition) is 1. The van der Waals surface area contributed by atoms with Crippen LogP contribution in [0.5, 0.6) is 5.75 Å². The summed E-state index contributed by atoms with van der Waals surface area (Å²) >= 11 is 0. The summed E-state index contributed by atoms with van der Waals surface area (Å²) in [5, 5.41) is 2.91. The van der Waals surface area contributed by atoms with Crippen LogP contribution >= 0.6 is 0 Å². The fourth-order valence-electron chi connectivity index (χ4n) is 2.94. The van der Waals surface area contributed by atoms with Gasteiger partial charge in [-0.1, -0.05) is 30.3 Å². The van der Waals surface area contributed by atoms with Crippen molar-refractivity contribution in [2.75, 3.05) is 17.3 Å². The highest BCUT2D eigenvalue weighted by molar-refractivity contribution is 6.04. The minimum Gasteiger partial charge on any atom is -0.489 e. The van der Waals surface area contributed by atoms with Gasteiger partial charge in [-0.25, -0.2) is 0 Å². The molecule has 1 saturated carbocycles. The highest BCUT2D eigenvalue weighted by atomic mass is 16.5. The van der Waals surface area contributed by atoms with Gasteiger partial charge < -0.3 is 15.0 Å². The Morgan fingerprint density at radius 3 is 2.38 bits per heavy atom. The second-order valence-corrected chi connectivity index (χ2v) is 6.83. The molecule has 136 valence electrons. The first-order chi connectivity index (χ1) is 12.5. The summed E-state index contributed by atoms with van der Waals surface area (Å²) in [6, 6.07) is 16.8. The van der Waals surface area contributed by atoms with Crippen molar-refractivity contribution >= 4 is 23.2 Å². The number of carbonyl (C=O) groups excluding carboxylic acids is 2. The van der Waals surface area contributed by atoms with E-state index in [0.29, 0.717) is 17.9 Å². The Morgan fingerprint density at radius 1 is 1.04 bits per heavy atom. The molecule has 0 aromatic heterocycles. The quantitative estimate of drug-likeness (QED) is 0.862. The van der Waals surface area contributed by atoms with Crippen LogP contribution in [0.3, 0.4) is 0 Å². The summed E-state index contributed by atoms with van der Waals surface area (Å²) in [4.78, 5) is 26.8. The first-order valence-corrected chi connectivity index (χ1v) is 8.86. The van der Waals surface area contributed by atoms with Crippen molar-refractivity contribution in [1.29, 1.82) is 0 Å². The summed E-state index contributed by atoms with van der Waals surface area (Å²) in [7, 11) is 1.75. The van der Waals surface area contributed by atoms with E-state index in [1.165, 1.54) is 0 Å². The number of benzene rings is 2. The van der Waals surface area contributed by atoms with Gasteiger partial charge in [-0.15, -0.1) is 0 Å². The molecule has 2 amide bonds. The van der Waals surface area contributed by atoms with Gasteiger partial charge in [0.1, 0.15) is 5.75 Å². The van der Waals surface area contributed by atoms with E-state index in [4.69, 9.17) is 4.74 Å². The Hall–Kier alpha value is -2.82. The lowest BCUT2D eigenvalue weighted by Gasteiger charge is -2.17. The number of rotatable bonds is 6. The molecule has 26 heavy (non-hydrogen) atoms. The topological polar surface area (TPSA) is 58.6 Å². The minimum absolute atomic E-state index is 0.0165. The standard InChI is InChI=1S/C21H24N2O3/c1-14(2)26-19-12-8-7-11-18(19)22-20(24)16-13-17(16)21(25)23(3)15-9-5-4-6-10-15/h4-12,14,16-17H,13H2,1-3H3,(H,22,24). The lowest BCUT2D eigenvalue weighted by atomic mass is 10.2. The van der Waals surface area contributed by atoms with E-state index >= 15 is 0 Å². The molecule has 5 nitrogen and oxygen atoms in total. The van der Waals surface area contributed by atoms with E-state index in [-0.39, 0.29) is 29.8 Å². The molecular formula is C21H24N2O3. The molecule has 2 atom stereocenters. The third-order valence-corrected chi connectivity index (χ3v) is 4.43. The van der Waals surface area contributed by atoms with Crippen LogP contribution in [-0.2, 0) is 9.59 Å². The number of nitrogens with one attached hydrogen (secondary N) is 1. The summed E-state index contributed by atoms with van der Waals surface area (Å²) in [5.41, 5.74) is 1.47. The molecule has 1 N–H and O–H groups in total. The third-order valence-electron chi connectivity index (χ3n) is 4.43. The average Bonchev–Trinajstić information content (AvgIpc) is 3.43. The zero-order valence-electron chi connectivity index (χ0n) is 15.3. The second kappa shape index (κ2) is 7.60. The first kappa shape index (κ1) is 18.0. The molecule has 0 spiro atoms. The van der Waals surface area contributed by atoms with E-state index in [1.807, 2.05) is 68.4 Å². The lowest BCUT2D eigenvalue weighted by molar-refractivity contribution is -0.123. The fraction of sp³-hybridized carbons (Fsp3) is 0.333. The molecule has 2 aromatic rings. The Morgan fingerprint density at radius 2 is 1.69 bits per heavy atom. The van der Waals surface area contributed by atoms with E-state index in [9.17, 15) is 9.59 Å². The largest absolute Gasteiger partial charge is 0.489 e. The van der Waals surface area contributed by atoms with Crippen molar-refractivity contribution < 1.29 is 14.3 Å². The van der Waals surface area contributed by atoms with Gasteiger partial charge in [0.05, 0.1) is 23.6 Å². The van der Waals surface area contributed by atoms with Crippen LogP contribution in [-0.4, -0.2) is 25.0 Å². The van der Waals surface area contributed by atoms with E-state index in [0.717, 1.165) is 5.69 Å². The fourth-order valence-corrected chi connectivity index (χ4v) is 2.94. The van der Waals surface area contributed by atoms with E-state index in [2.05, 4.69) is 5.32 Å². The maximum absolute atomic E-state index is 12.6. The zero-order valence-corrected chi connectivity index (χ0v) is 15.3. The van der Waals surface area contributed by atoms with Crippen LogP contribution < -0.4 is 15.0 Å². The molecule has 0 radical (unpaired) electrons. The van der Waals surface area contributed by atoms with E-state index < -0.39 is 0 Å². The van der Waals surface area contributed by atoms with Crippen LogP contribution in [0.2, 0.25) is 0 Å². The molecule has 0 heterocycles. The summed E-state index contributed by atoms with van der Waals surface area (Å²) in [5.74, 6) is -0.0763. The maximum Gasteiger partial charge on any atom is 0.230 e.